The lowest BCUT2D eigenvalue weighted by molar-refractivity contribution is -0.139. The summed E-state index contributed by atoms with van der Waals surface area (Å²) in [5, 5.41) is 10.3. The van der Waals surface area contributed by atoms with Gasteiger partial charge in [-0.25, -0.2) is 14.4 Å². The molecule has 4 rings (SSSR count). The van der Waals surface area contributed by atoms with Crippen LogP contribution in [0.2, 0.25) is 0 Å². The predicted molar refractivity (Wildman–Crippen MR) is 132 cm³/mol. The Kier molecular flexibility index (Phi) is 8.58. The molecule has 0 bridgehead atoms. The number of aliphatic carboxylic acids is 1. The number of carboxylic acids is 1. The van der Waals surface area contributed by atoms with Crippen molar-refractivity contribution in [2.24, 2.45) is 11.8 Å². The van der Waals surface area contributed by atoms with Crippen LogP contribution in [0, 0.1) is 11.8 Å². The molecule has 0 amide bonds. The average molecular weight is 481 g/mol. The summed E-state index contributed by atoms with van der Waals surface area (Å²) in [6, 6.07) is 7.23. The van der Waals surface area contributed by atoms with Crippen LogP contribution in [0.5, 0.6) is 5.75 Å². The first-order chi connectivity index (χ1) is 17.0. The number of nitrogens with zero attached hydrogens (tertiary/aromatic N) is 4. The van der Waals surface area contributed by atoms with Crippen molar-refractivity contribution < 1.29 is 19.0 Å². The van der Waals surface area contributed by atoms with Gasteiger partial charge in [0.2, 0.25) is 0 Å². The van der Waals surface area contributed by atoms with Gasteiger partial charge >= 0.3 is 5.97 Å². The first-order valence-corrected chi connectivity index (χ1v) is 12.3. The number of aromatic nitrogens is 3. The monoisotopic (exact) mass is 480 g/mol. The largest absolute Gasteiger partial charge is 0.497 e. The molecule has 0 aliphatic carbocycles. The summed E-state index contributed by atoms with van der Waals surface area (Å²) < 4.78 is 20.8. The summed E-state index contributed by atoms with van der Waals surface area (Å²) in [5.74, 6) is 0.119. The van der Waals surface area contributed by atoms with E-state index in [1.165, 1.54) is 6.33 Å². The highest BCUT2D eigenvalue weighted by Crippen LogP contribution is 2.36. The van der Waals surface area contributed by atoms with Crippen LogP contribution in [-0.4, -0.2) is 57.7 Å². The lowest BCUT2D eigenvalue weighted by Crippen LogP contribution is -2.42. The van der Waals surface area contributed by atoms with Gasteiger partial charge < -0.3 is 14.7 Å². The van der Waals surface area contributed by atoms with Crippen LogP contribution in [-0.2, 0) is 11.2 Å². The molecule has 0 radical (unpaired) electrons. The Morgan fingerprint density at radius 3 is 2.86 bits per heavy atom. The Balaban J connectivity index is 1.35. The van der Waals surface area contributed by atoms with Crippen molar-refractivity contribution >= 4 is 16.9 Å². The highest BCUT2D eigenvalue weighted by molar-refractivity contribution is 5.83. The minimum Gasteiger partial charge on any atom is -0.497 e. The third-order valence-corrected chi connectivity index (χ3v) is 7.08. The molecular weight excluding hydrogens is 447 g/mol. The number of pyridine rings is 1. The number of hydrogen-bond donors (Lipinski definition) is 1. The Morgan fingerprint density at radius 1 is 1.26 bits per heavy atom. The van der Waals surface area contributed by atoms with Gasteiger partial charge in [-0.05, 0) is 92.4 Å². The predicted octanol–water partition coefficient (Wildman–Crippen LogP) is 4.87. The number of rotatable bonds is 11. The SMILES string of the molecule is COc1ccc2nccc(C(F)CC[C@@H]3CCN(CCCc4cncnc4)C[C@@H]3CC(=O)O)c2c1. The van der Waals surface area contributed by atoms with Crippen LogP contribution in [0.15, 0.2) is 49.2 Å². The zero-order valence-corrected chi connectivity index (χ0v) is 20.1. The molecule has 1 fully saturated rings. The lowest BCUT2D eigenvalue weighted by atomic mass is 9.79. The molecule has 1 aliphatic heterocycles. The van der Waals surface area contributed by atoms with Crippen molar-refractivity contribution in [1.82, 2.24) is 19.9 Å². The Hall–Kier alpha value is -3.13. The number of methoxy groups -OCH3 is 1. The number of fused-ring (bicyclic) bond motifs is 1. The molecular formula is C27H33FN4O3. The molecule has 2 aromatic heterocycles. The molecule has 7 nitrogen and oxygen atoms in total. The van der Waals surface area contributed by atoms with Gasteiger partial charge in [0.05, 0.1) is 12.6 Å². The molecule has 1 aliphatic rings. The summed E-state index contributed by atoms with van der Waals surface area (Å²) >= 11 is 0. The van der Waals surface area contributed by atoms with Gasteiger partial charge in [0, 0.05) is 36.9 Å². The fourth-order valence-corrected chi connectivity index (χ4v) is 5.22. The van der Waals surface area contributed by atoms with E-state index in [0.29, 0.717) is 24.2 Å². The van der Waals surface area contributed by atoms with E-state index in [1.807, 2.05) is 30.6 Å². The molecule has 1 unspecified atom stereocenters. The third-order valence-electron chi connectivity index (χ3n) is 7.08. The number of piperidine rings is 1. The maximum atomic E-state index is 15.4. The second-order valence-corrected chi connectivity index (χ2v) is 9.39. The molecule has 1 N–H and O–H groups in total. The standard InChI is InChI=1S/C27H33FN4O3/c1-35-22-5-7-26-24(14-22)23(8-10-31-26)25(28)6-4-20-9-12-32(17-21(20)13-27(33)34)11-2-3-19-15-29-18-30-16-19/h5,7-8,10,14-16,18,20-21,25H,2-4,6,9,11-13,17H2,1H3,(H,33,34)/t20-,21+,25?/m1/s1. The number of carboxylic acid groups (broad SMARTS) is 1. The van der Waals surface area contributed by atoms with E-state index in [2.05, 4.69) is 19.9 Å². The molecule has 3 aromatic rings. The van der Waals surface area contributed by atoms with Crippen molar-refractivity contribution in [2.45, 2.75) is 44.7 Å². The lowest BCUT2D eigenvalue weighted by Gasteiger charge is -2.38. The Bertz CT molecular complexity index is 1110. The van der Waals surface area contributed by atoms with Crippen LogP contribution >= 0.6 is 0 Å². The molecule has 1 aromatic carbocycles. The average Bonchev–Trinajstić information content (AvgIpc) is 2.87. The van der Waals surface area contributed by atoms with E-state index in [0.717, 1.165) is 55.4 Å². The van der Waals surface area contributed by atoms with Crippen LogP contribution in [0.4, 0.5) is 4.39 Å². The van der Waals surface area contributed by atoms with Crippen LogP contribution < -0.4 is 4.74 Å². The van der Waals surface area contributed by atoms with Crippen LogP contribution in [0.1, 0.15) is 49.4 Å². The highest BCUT2D eigenvalue weighted by atomic mass is 19.1. The number of carbonyl (C=O) groups is 1. The normalized spacial score (nSPS) is 19.5. The Morgan fingerprint density at radius 2 is 2.09 bits per heavy atom. The van der Waals surface area contributed by atoms with Gasteiger partial charge in [-0.15, -0.1) is 0 Å². The zero-order valence-electron chi connectivity index (χ0n) is 20.1. The number of aryl methyl sites for hydroxylation is 1. The van der Waals surface area contributed by atoms with E-state index in [1.54, 1.807) is 19.4 Å². The second kappa shape index (κ2) is 12.0. The molecule has 8 heteroatoms. The number of hydrogen-bond acceptors (Lipinski definition) is 6. The molecule has 1 saturated heterocycles. The van der Waals surface area contributed by atoms with Gasteiger partial charge in [-0.2, -0.15) is 0 Å². The molecule has 0 saturated carbocycles. The van der Waals surface area contributed by atoms with E-state index >= 15 is 4.39 Å². The maximum absolute atomic E-state index is 15.4. The number of benzene rings is 1. The summed E-state index contributed by atoms with van der Waals surface area (Å²) in [6.07, 6.45) is 9.64. The number of halogens is 1. The minimum absolute atomic E-state index is 0.0304. The molecule has 0 spiro atoms. The smallest absolute Gasteiger partial charge is 0.303 e. The number of alkyl halides is 1. The summed E-state index contributed by atoms with van der Waals surface area (Å²) in [5.41, 5.74) is 2.47. The summed E-state index contributed by atoms with van der Waals surface area (Å²) in [4.78, 5) is 26.4. The maximum Gasteiger partial charge on any atom is 0.303 e. The molecule has 3 heterocycles. The highest BCUT2D eigenvalue weighted by Gasteiger charge is 2.31. The quantitative estimate of drug-likeness (QED) is 0.419. The summed E-state index contributed by atoms with van der Waals surface area (Å²) in [6.45, 7) is 2.57. The first kappa shape index (κ1) is 25.0. The van der Waals surface area contributed by atoms with E-state index < -0.39 is 12.1 Å². The van der Waals surface area contributed by atoms with Crippen molar-refractivity contribution in [2.75, 3.05) is 26.7 Å². The molecule has 3 atom stereocenters. The van der Waals surface area contributed by atoms with E-state index in [4.69, 9.17) is 4.74 Å². The molecule has 186 valence electrons. The zero-order chi connectivity index (χ0) is 24.6. The fourth-order valence-electron chi connectivity index (χ4n) is 5.22. The van der Waals surface area contributed by atoms with Crippen molar-refractivity contribution in [3.8, 4) is 5.75 Å². The van der Waals surface area contributed by atoms with Crippen LogP contribution in [0.25, 0.3) is 10.9 Å². The second-order valence-electron chi connectivity index (χ2n) is 9.39. The van der Waals surface area contributed by atoms with E-state index in [-0.39, 0.29) is 18.3 Å². The van der Waals surface area contributed by atoms with E-state index in [9.17, 15) is 9.90 Å². The van der Waals surface area contributed by atoms with Gasteiger partial charge in [-0.1, -0.05) is 0 Å². The minimum atomic E-state index is -1.13. The van der Waals surface area contributed by atoms with Crippen molar-refractivity contribution in [3.05, 3.63) is 60.3 Å². The van der Waals surface area contributed by atoms with Crippen LogP contribution in [0.3, 0.4) is 0 Å². The summed E-state index contributed by atoms with van der Waals surface area (Å²) in [7, 11) is 1.59. The van der Waals surface area contributed by atoms with Crippen molar-refractivity contribution in [3.63, 3.8) is 0 Å². The van der Waals surface area contributed by atoms with Gasteiger partial charge in [0.15, 0.2) is 0 Å². The first-order valence-electron chi connectivity index (χ1n) is 12.3. The van der Waals surface area contributed by atoms with Gasteiger partial charge in [-0.3, -0.25) is 9.78 Å². The Labute approximate surface area is 205 Å². The van der Waals surface area contributed by atoms with Crippen molar-refractivity contribution in [1.29, 1.82) is 0 Å². The molecule has 35 heavy (non-hydrogen) atoms. The third kappa shape index (κ3) is 6.72. The van der Waals surface area contributed by atoms with Gasteiger partial charge in [0.1, 0.15) is 18.2 Å². The fraction of sp³-hybridized carbons (Fsp3) is 0.481. The number of likely N-dealkylation sites (tertiary alicyclic amines) is 1. The number of ether oxygens (including phenoxy) is 1. The van der Waals surface area contributed by atoms with Gasteiger partial charge in [0.25, 0.3) is 0 Å². The topological polar surface area (TPSA) is 88.4 Å².